The SMILES string of the molecule is O=[N+]([O-])c1cc(C(F)(F)F)cc([N+](=O)[O-])c1NCC(F)(F)C(F)F. The van der Waals surface area contributed by atoms with E-state index in [9.17, 15) is 51.0 Å². The molecule has 7 nitrogen and oxygen atoms in total. The van der Waals surface area contributed by atoms with Gasteiger partial charge in [0.1, 0.15) is 0 Å². The Labute approximate surface area is 127 Å². The molecule has 0 heterocycles. The van der Waals surface area contributed by atoms with Gasteiger partial charge < -0.3 is 5.32 Å². The molecule has 0 saturated heterocycles. The van der Waals surface area contributed by atoms with Crippen molar-refractivity contribution in [1.82, 2.24) is 0 Å². The summed E-state index contributed by atoms with van der Waals surface area (Å²) >= 11 is 0. The Kier molecular flexibility index (Phi) is 5.20. The van der Waals surface area contributed by atoms with E-state index in [1.807, 2.05) is 0 Å². The Morgan fingerprint density at radius 1 is 1.00 bits per heavy atom. The standard InChI is InChI=1S/C10H6F7N3O4/c11-8(12)9(13,14)3-18-7-5(19(21)22)1-4(10(15,16)17)2-6(7)20(23)24/h1-2,8,18H,3H2. The zero-order chi connectivity index (χ0) is 18.9. The van der Waals surface area contributed by atoms with Crippen LogP contribution in [0, 0.1) is 20.2 Å². The number of alkyl halides is 7. The van der Waals surface area contributed by atoms with Crippen LogP contribution >= 0.6 is 0 Å². The predicted octanol–water partition coefficient (Wildman–Crippen LogP) is 3.83. The van der Waals surface area contributed by atoms with Gasteiger partial charge in [-0.15, -0.1) is 0 Å². The molecule has 0 unspecified atom stereocenters. The molecule has 0 radical (unpaired) electrons. The van der Waals surface area contributed by atoms with Gasteiger partial charge in [0.2, 0.25) is 0 Å². The predicted molar refractivity (Wildman–Crippen MR) is 64.2 cm³/mol. The Morgan fingerprint density at radius 3 is 1.71 bits per heavy atom. The lowest BCUT2D eigenvalue weighted by Crippen LogP contribution is -2.35. The van der Waals surface area contributed by atoms with Crippen LogP contribution in [0.5, 0.6) is 0 Å². The molecule has 1 aromatic carbocycles. The van der Waals surface area contributed by atoms with E-state index in [0.29, 0.717) is 0 Å². The van der Waals surface area contributed by atoms with Gasteiger partial charge in [-0.25, -0.2) is 8.78 Å². The van der Waals surface area contributed by atoms with E-state index in [4.69, 9.17) is 0 Å². The van der Waals surface area contributed by atoms with Crippen LogP contribution in [0.25, 0.3) is 0 Å². The summed E-state index contributed by atoms with van der Waals surface area (Å²) in [5.74, 6) is -4.72. The molecular formula is C10H6F7N3O4. The third-order valence-corrected chi connectivity index (χ3v) is 2.64. The minimum atomic E-state index is -5.19. The highest BCUT2D eigenvalue weighted by atomic mass is 19.4. The van der Waals surface area contributed by atoms with Gasteiger partial charge in [0.05, 0.1) is 22.0 Å². The molecule has 24 heavy (non-hydrogen) atoms. The summed E-state index contributed by atoms with van der Waals surface area (Å²) in [6.45, 7) is -1.96. The minimum absolute atomic E-state index is 0.129. The van der Waals surface area contributed by atoms with E-state index >= 15 is 0 Å². The van der Waals surface area contributed by atoms with Crippen LogP contribution in [-0.2, 0) is 6.18 Å². The van der Waals surface area contributed by atoms with Crippen LogP contribution in [0.3, 0.4) is 0 Å². The lowest BCUT2D eigenvalue weighted by Gasteiger charge is -2.17. The molecule has 14 heteroatoms. The van der Waals surface area contributed by atoms with Crippen LogP contribution in [0.1, 0.15) is 5.56 Å². The molecule has 1 rings (SSSR count). The number of hydrogen-bond acceptors (Lipinski definition) is 5. The number of rotatable bonds is 6. The van der Waals surface area contributed by atoms with Gasteiger partial charge in [0.15, 0.2) is 5.69 Å². The Hall–Kier alpha value is -2.67. The van der Waals surface area contributed by atoms with Crippen molar-refractivity contribution in [2.24, 2.45) is 0 Å². The largest absolute Gasteiger partial charge is 0.416 e. The minimum Gasteiger partial charge on any atom is -0.368 e. The second kappa shape index (κ2) is 6.45. The number of nitro groups is 2. The molecule has 0 bridgehead atoms. The first-order chi connectivity index (χ1) is 10.8. The molecule has 0 atom stereocenters. The molecule has 134 valence electrons. The summed E-state index contributed by atoms with van der Waals surface area (Å²) in [4.78, 5) is 18.6. The molecule has 0 fully saturated rings. The Balaban J connectivity index is 3.46. The van der Waals surface area contributed by atoms with Crippen molar-refractivity contribution in [3.8, 4) is 0 Å². The number of nitrogens with one attached hydrogen (secondary N) is 1. The van der Waals surface area contributed by atoms with Gasteiger partial charge in [-0.05, 0) is 0 Å². The number of hydrogen-bond donors (Lipinski definition) is 1. The third kappa shape index (κ3) is 4.20. The summed E-state index contributed by atoms with van der Waals surface area (Å²) < 4.78 is 87.6. The smallest absolute Gasteiger partial charge is 0.368 e. The van der Waals surface area contributed by atoms with Gasteiger partial charge >= 0.3 is 18.5 Å². The topological polar surface area (TPSA) is 98.3 Å². The third-order valence-electron chi connectivity index (χ3n) is 2.64. The maximum absolute atomic E-state index is 12.8. The van der Waals surface area contributed by atoms with Crippen LogP contribution in [0.4, 0.5) is 47.8 Å². The van der Waals surface area contributed by atoms with E-state index in [0.717, 1.165) is 0 Å². The van der Waals surface area contributed by atoms with Crippen molar-refractivity contribution in [2.75, 3.05) is 11.9 Å². The second-order valence-corrected chi connectivity index (χ2v) is 4.32. The molecular weight excluding hydrogens is 359 g/mol. The van der Waals surface area contributed by atoms with Crippen molar-refractivity contribution in [1.29, 1.82) is 0 Å². The molecule has 1 N–H and O–H groups in total. The van der Waals surface area contributed by atoms with Gasteiger partial charge in [-0.1, -0.05) is 0 Å². The molecule has 0 aliphatic carbocycles. The van der Waals surface area contributed by atoms with Crippen molar-refractivity contribution in [3.63, 3.8) is 0 Å². The average molecular weight is 365 g/mol. The van der Waals surface area contributed by atoms with Crippen molar-refractivity contribution in [3.05, 3.63) is 37.9 Å². The molecule has 0 aromatic heterocycles. The van der Waals surface area contributed by atoms with Crippen molar-refractivity contribution in [2.45, 2.75) is 18.5 Å². The van der Waals surface area contributed by atoms with E-state index < -0.39 is 57.5 Å². The fourth-order valence-electron chi connectivity index (χ4n) is 1.53. The van der Waals surface area contributed by atoms with E-state index in [-0.39, 0.29) is 12.1 Å². The molecule has 1 aromatic rings. The summed E-state index contributed by atoms with van der Waals surface area (Å²) in [5.41, 5.74) is -6.21. The lowest BCUT2D eigenvalue weighted by atomic mass is 10.1. The van der Waals surface area contributed by atoms with Gasteiger partial charge in [-0.2, -0.15) is 22.0 Å². The molecule has 0 amide bonds. The van der Waals surface area contributed by atoms with Crippen LogP contribution < -0.4 is 5.32 Å². The fourth-order valence-corrected chi connectivity index (χ4v) is 1.53. The number of nitrogens with zero attached hydrogens (tertiary/aromatic N) is 2. The van der Waals surface area contributed by atoms with Crippen LogP contribution in [-0.4, -0.2) is 28.7 Å². The van der Waals surface area contributed by atoms with Gasteiger partial charge in [0.25, 0.3) is 11.4 Å². The van der Waals surface area contributed by atoms with Crippen molar-refractivity contribution < 1.29 is 40.6 Å². The Morgan fingerprint density at radius 2 is 1.42 bits per heavy atom. The summed E-state index contributed by atoms with van der Waals surface area (Å²) in [7, 11) is 0. The number of nitro benzene ring substituents is 2. The van der Waals surface area contributed by atoms with Crippen LogP contribution in [0.15, 0.2) is 12.1 Å². The first-order valence-corrected chi connectivity index (χ1v) is 5.71. The first kappa shape index (κ1) is 19.4. The summed E-state index contributed by atoms with van der Waals surface area (Å²) in [6.07, 6.45) is -9.39. The van der Waals surface area contributed by atoms with E-state index in [1.165, 1.54) is 5.32 Å². The molecule has 0 spiro atoms. The number of benzene rings is 1. The molecule has 0 saturated carbocycles. The van der Waals surface area contributed by atoms with Crippen LogP contribution in [0.2, 0.25) is 0 Å². The number of halogens is 7. The van der Waals surface area contributed by atoms with Gasteiger partial charge in [0, 0.05) is 12.1 Å². The quantitative estimate of drug-likeness (QED) is 0.469. The van der Waals surface area contributed by atoms with Crippen molar-refractivity contribution >= 4 is 17.1 Å². The average Bonchev–Trinajstić information content (AvgIpc) is 2.42. The zero-order valence-electron chi connectivity index (χ0n) is 11.1. The van der Waals surface area contributed by atoms with E-state index in [1.54, 1.807) is 0 Å². The zero-order valence-corrected chi connectivity index (χ0v) is 11.1. The Bertz CT molecular complexity index is 627. The fraction of sp³-hybridized carbons (Fsp3) is 0.400. The maximum Gasteiger partial charge on any atom is 0.416 e. The lowest BCUT2D eigenvalue weighted by molar-refractivity contribution is -0.392. The normalized spacial score (nSPS) is 12.3. The maximum atomic E-state index is 12.8. The first-order valence-electron chi connectivity index (χ1n) is 5.71. The highest BCUT2D eigenvalue weighted by Crippen LogP contribution is 2.41. The second-order valence-electron chi connectivity index (χ2n) is 4.32. The highest BCUT2D eigenvalue weighted by Gasteiger charge is 2.43. The van der Waals surface area contributed by atoms with E-state index in [2.05, 4.69) is 0 Å². The summed E-state index contributed by atoms with van der Waals surface area (Å²) in [6, 6.07) is -0.258. The monoisotopic (exact) mass is 365 g/mol. The highest BCUT2D eigenvalue weighted by molar-refractivity contribution is 5.75. The molecule has 0 aliphatic heterocycles. The summed E-state index contributed by atoms with van der Waals surface area (Å²) in [5, 5.41) is 22.9. The van der Waals surface area contributed by atoms with Gasteiger partial charge in [-0.3, -0.25) is 20.2 Å². The number of anilines is 1. The molecule has 0 aliphatic rings.